The smallest absolute Gasteiger partial charge is 0.417 e. The molecule has 0 bridgehead atoms. The molecule has 3 rings (SSSR count). The van der Waals surface area contributed by atoms with Crippen LogP contribution in [0.2, 0.25) is 0 Å². The number of benzene rings is 1. The van der Waals surface area contributed by atoms with Gasteiger partial charge >= 0.3 is 12.3 Å². The molecule has 1 saturated carbocycles. The average Bonchev–Trinajstić information content (AvgIpc) is 2.30. The van der Waals surface area contributed by atoms with Gasteiger partial charge in [-0.25, -0.2) is 9.18 Å². The molecule has 2 fully saturated rings. The van der Waals surface area contributed by atoms with Crippen LogP contribution in [0.5, 0.6) is 0 Å². The molecule has 1 aliphatic heterocycles. The lowest BCUT2D eigenvalue weighted by Crippen LogP contribution is -2.61. The van der Waals surface area contributed by atoms with E-state index in [1.807, 2.05) is 0 Å². The molecule has 3 nitrogen and oxygen atoms in total. The van der Waals surface area contributed by atoms with E-state index in [9.17, 15) is 22.4 Å². The summed E-state index contributed by atoms with van der Waals surface area (Å²) in [5.74, 6) is -0.921. The normalized spacial score (nSPS) is 19.6. The number of carbonyl (C=O) groups is 1. The third-order valence-corrected chi connectivity index (χ3v) is 4.21. The van der Waals surface area contributed by atoms with Gasteiger partial charge in [-0.15, -0.1) is 0 Å². The third-order valence-electron chi connectivity index (χ3n) is 4.21. The average molecular weight is 315 g/mol. The SMILES string of the molecule is O=C(O)N1CC2(CC(=Cc3ccc(F)cc3C(F)(F)F)C2)C1. The second-order valence-electron chi connectivity index (χ2n) is 6.02. The minimum atomic E-state index is -4.60. The fraction of sp³-hybridized carbons (Fsp3) is 0.400. The summed E-state index contributed by atoms with van der Waals surface area (Å²) in [6, 6.07) is 2.63. The lowest BCUT2D eigenvalue weighted by Gasteiger charge is -2.55. The van der Waals surface area contributed by atoms with Crippen molar-refractivity contribution < 1.29 is 27.5 Å². The van der Waals surface area contributed by atoms with Crippen molar-refractivity contribution in [2.24, 2.45) is 5.41 Å². The van der Waals surface area contributed by atoms with Crippen LogP contribution in [0.25, 0.3) is 6.08 Å². The minimum Gasteiger partial charge on any atom is -0.465 e. The molecule has 1 aromatic carbocycles. The van der Waals surface area contributed by atoms with Crippen LogP contribution in [0, 0.1) is 11.2 Å². The monoisotopic (exact) mass is 315 g/mol. The van der Waals surface area contributed by atoms with Gasteiger partial charge in [-0.05, 0) is 30.5 Å². The van der Waals surface area contributed by atoms with Crippen molar-refractivity contribution in [2.45, 2.75) is 19.0 Å². The first-order valence-electron chi connectivity index (χ1n) is 6.73. The van der Waals surface area contributed by atoms with E-state index in [0.717, 1.165) is 17.7 Å². The first kappa shape index (κ1) is 14.9. The van der Waals surface area contributed by atoms with E-state index < -0.39 is 23.7 Å². The number of carboxylic acid groups (broad SMARTS) is 1. The van der Waals surface area contributed by atoms with Crippen molar-refractivity contribution in [1.29, 1.82) is 0 Å². The van der Waals surface area contributed by atoms with Crippen molar-refractivity contribution in [3.8, 4) is 0 Å². The lowest BCUT2D eigenvalue weighted by atomic mass is 9.60. The molecule has 1 aromatic rings. The number of amides is 1. The van der Waals surface area contributed by atoms with E-state index in [1.54, 1.807) is 0 Å². The molecule has 2 aliphatic rings. The number of hydrogen-bond acceptors (Lipinski definition) is 1. The Morgan fingerprint density at radius 2 is 1.91 bits per heavy atom. The van der Waals surface area contributed by atoms with Crippen LogP contribution in [-0.2, 0) is 6.18 Å². The van der Waals surface area contributed by atoms with Crippen LogP contribution in [0.1, 0.15) is 24.0 Å². The Labute approximate surface area is 123 Å². The summed E-state index contributed by atoms with van der Waals surface area (Å²) in [4.78, 5) is 12.0. The van der Waals surface area contributed by atoms with Gasteiger partial charge in [0.15, 0.2) is 0 Å². The van der Waals surface area contributed by atoms with Crippen LogP contribution in [-0.4, -0.2) is 29.2 Å². The zero-order valence-corrected chi connectivity index (χ0v) is 11.5. The van der Waals surface area contributed by atoms with E-state index in [4.69, 9.17) is 5.11 Å². The predicted molar refractivity (Wildman–Crippen MR) is 70.6 cm³/mol. The summed E-state index contributed by atoms with van der Waals surface area (Å²) < 4.78 is 51.7. The summed E-state index contributed by atoms with van der Waals surface area (Å²) in [6.45, 7) is 0.852. The molecule has 1 aliphatic carbocycles. The van der Waals surface area contributed by atoms with E-state index >= 15 is 0 Å². The lowest BCUT2D eigenvalue weighted by molar-refractivity contribution is -0.137. The van der Waals surface area contributed by atoms with E-state index in [0.29, 0.717) is 32.0 Å². The summed E-state index contributed by atoms with van der Waals surface area (Å²) in [6.07, 6.45) is -2.96. The zero-order valence-electron chi connectivity index (χ0n) is 11.5. The van der Waals surface area contributed by atoms with Gasteiger partial charge in [0.2, 0.25) is 0 Å². The van der Waals surface area contributed by atoms with Crippen molar-refractivity contribution >= 4 is 12.2 Å². The molecule has 0 atom stereocenters. The molecular formula is C15H13F4NO2. The molecule has 22 heavy (non-hydrogen) atoms. The molecule has 0 radical (unpaired) electrons. The Kier molecular flexibility index (Phi) is 3.19. The van der Waals surface area contributed by atoms with E-state index in [1.165, 1.54) is 11.0 Å². The molecule has 1 amide bonds. The maximum atomic E-state index is 13.0. The summed E-state index contributed by atoms with van der Waals surface area (Å²) in [5, 5.41) is 8.79. The largest absolute Gasteiger partial charge is 0.465 e. The van der Waals surface area contributed by atoms with E-state index in [2.05, 4.69) is 0 Å². The van der Waals surface area contributed by atoms with Crippen LogP contribution >= 0.6 is 0 Å². The first-order chi connectivity index (χ1) is 10.2. The molecular weight excluding hydrogens is 302 g/mol. The molecule has 1 saturated heterocycles. The summed E-state index contributed by atoms with van der Waals surface area (Å²) in [7, 11) is 0. The molecule has 0 aromatic heterocycles. The highest BCUT2D eigenvalue weighted by molar-refractivity contribution is 5.67. The fourth-order valence-electron chi connectivity index (χ4n) is 3.26. The number of halogens is 4. The van der Waals surface area contributed by atoms with Crippen molar-refractivity contribution in [1.82, 2.24) is 4.90 Å². The van der Waals surface area contributed by atoms with Gasteiger partial charge in [0.1, 0.15) is 5.82 Å². The number of likely N-dealkylation sites (tertiary alicyclic amines) is 1. The quantitative estimate of drug-likeness (QED) is 0.796. The van der Waals surface area contributed by atoms with Gasteiger partial charge in [0, 0.05) is 18.5 Å². The van der Waals surface area contributed by atoms with Crippen LogP contribution in [0.15, 0.2) is 23.8 Å². The van der Waals surface area contributed by atoms with E-state index in [-0.39, 0.29) is 11.0 Å². The summed E-state index contributed by atoms with van der Waals surface area (Å²) in [5.41, 5.74) is -0.306. The van der Waals surface area contributed by atoms with Gasteiger partial charge in [0.05, 0.1) is 5.56 Å². The number of nitrogens with zero attached hydrogens (tertiary/aromatic N) is 1. The van der Waals surface area contributed by atoms with Gasteiger partial charge < -0.3 is 10.0 Å². The Hall–Kier alpha value is -2.05. The third kappa shape index (κ3) is 2.55. The van der Waals surface area contributed by atoms with Crippen molar-refractivity contribution in [3.63, 3.8) is 0 Å². The minimum absolute atomic E-state index is 0.0480. The standard InChI is InChI=1S/C15H13F4NO2/c16-11-2-1-10(12(4-11)15(17,18)19)3-9-5-14(6-9)7-20(8-14)13(21)22/h1-4H,5-8H2,(H,21,22). The molecule has 118 valence electrons. The molecule has 1 heterocycles. The molecule has 1 spiro atoms. The zero-order chi connectivity index (χ0) is 16.1. The Morgan fingerprint density at radius 1 is 1.27 bits per heavy atom. The second-order valence-corrected chi connectivity index (χ2v) is 6.02. The highest BCUT2D eigenvalue weighted by Gasteiger charge is 2.51. The number of alkyl halides is 3. The van der Waals surface area contributed by atoms with Gasteiger partial charge in [-0.1, -0.05) is 17.7 Å². The van der Waals surface area contributed by atoms with Crippen molar-refractivity contribution in [2.75, 3.05) is 13.1 Å². The number of rotatable bonds is 1. The van der Waals surface area contributed by atoms with Crippen LogP contribution in [0.3, 0.4) is 0 Å². The highest BCUT2D eigenvalue weighted by atomic mass is 19.4. The topological polar surface area (TPSA) is 40.5 Å². The second kappa shape index (κ2) is 4.72. The maximum Gasteiger partial charge on any atom is 0.417 e. The van der Waals surface area contributed by atoms with Gasteiger partial charge in [-0.3, -0.25) is 0 Å². The van der Waals surface area contributed by atoms with Crippen LogP contribution in [0.4, 0.5) is 22.4 Å². The number of allylic oxidation sites excluding steroid dienone is 1. The highest BCUT2D eigenvalue weighted by Crippen LogP contribution is 2.52. The molecule has 7 heteroatoms. The van der Waals surface area contributed by atoms with Crippen LogP contribution < -0.4 is 0 Å². The first-order valence-corrected chi connectivity index (χ1v) is 6.73. The van der Waals surface area contributed by atoms with Gasteiger partial charge in [-0.2, -0.15) is 13.2 Å². The summed E-state index contributed by atoms with van der Waals surface area (Å²) >= 11 is 0. The molecule has 1 N–H and O–H groups in total. The maximum absolute atomic E-state index is 13.0. The predicted octanol–water partition coefficient (Wildman–Crippen LogP) is 4.00. The van der Waals surface area contributed by atoms with Gasteiger partial charge in [0.25, 0.3) is 0 Å². The fourth-order valence-corrected chi connectivity index (χ4v) is 3.26. The van der Waals surface area contributed by atoms with Crippen molar-refractivity contribution in [3.05, 3.63) is 40.7 Å². The Bertz CT molecular complexity index is 650. The Morgan fingerprint density at radius 3 is 2.45 bits per heavy atom. The Balaban J connectivity index is 1.75. The molecule has 0 unspecified atom stereocenters. The number of hydrogen-bond donors (Lipinski definition) is 1.